The average molecular weight is 494 g/mol. The van der Waals surface area contributed by atoms with Crippen molar-refractivity contribution in [1.29, 1.82) is 0 Å². The molecule has 34 heavy (non-hydrogen) atoms. The Morgan fingerprint density at radius 1 is 1.24 bits per heavy atom. The quantitative estimate of drug-likeness (QED) is 0.404. The van der Waals surface area contributed by atoms with Gasteiger partial charge in [-0.25, -0.2) is 14.1 Å². The molecule has 1 N–H and O–H groups in total. The first-order chi connectivity index (χ1) is 16.3. The Kier molecular flexibility index (Phi) is 5.73. The second-order valence-electron chi connectivity index (χ2n) is 8.73. The van der Waals surface area contributed by atoms with E-state index in [1.807, 2.05) is 24.5 Å². The maximum absolute atomic E-state index is 13.9. The first kappa shape index (κ1) is 22.7. The first-order valence-electron chi connectivity index (χ1n) is 11.1. The molecule has 1 atom stereocenters. The van der Waals surface area contributed by atoms with Crippen LogP contribution in [0.15, 0.2) is 58.5 Å². The van der Waals surface area contributed by atoms with Gasteiger partial charge in [0.05, 0.1) is 11.3 Å². The van der Waals surface area contributed by atoms with E-state index in [4.69, 9.17) is 16.6 Å². The van der Waals surface area contributed by atoms with Crippen LogP contribution < -0.4 is 10.9 Å². The van der Waals surface area contributed by atoms with Crippen molar-refractivity contribution in [3.05, 3.63) is 75.0 Å². The van der Waals surface area contributed by atoms with Crippen molar-refractivity contribution in [1.82, 2.24) is 19.2 Å². The fourth-order valence-electron chi connectivity index (χ4n) is 4.64. The van der Waals surface area contributed by atoms with Crippen molar-refractivity contribution in [3.8, 4) is 11.3 Å². The molecule has 1 amide bonds. The molecule has 174 valence electrons. The molecule has 2 heterocycles. The van der Waals surface area contributed by atoms with Gasteiger partial charge in [0.2, 0.25) is 11.7 Å². The summed E-state index contributed by atoms with van der Waals surface area (Å²) in [4.78, 5) is 31.7. The van der Waals surface area contributed by atoms with Crippen molar-refractivity contribution < 1.29 is 4.79 Å². The molecule has 1 aliphatic carbocycles. The Morgan fingerprint density at radius 3 is 2.76 bits per heavy atom. The highest BCUT2D eigenvalue weighted by Gasteiger charge is 2.38. The number of nitrogens with one attached hydrogen (secondary N) is 1. The lowest BCUT2D eigenvalue weighted by Gasteiger charge is -2.35. The Balaban J connectivity index is 1.66. The molecule has 2 aromatic carbocycles. The van der Waals surface area contributed by atoms with Crippen LogP contribution >= 0.6 is 23.4 Å². The van der Waals surface area contributed by atoms with Gasteiger partial charge in [-0.05, 0) is 42.9 Å². The van der Waals surface area contributed by atoms with Crippen LogP contribution in [0.1, 0.15) is 31.4 Å². The summed E-state index contributed by atoms with van der Waals surface area (Å²) >= 11 is 7.38. The molecule has 1 aliphatic rings. The third kappa shape index (κ3) is 3.71. The summed E-state index contributed by atoms with van der Waals surface area (Å²) in [5.74, 6) is 0.0650. The molecule has 0 bridgehead atoms. The van der Waals surface area contributed by atoms with Gasteiger partial charge >= 0.3 is 0 Å². The lowest BCUT2D eigenvalue weighted by Crippen LogP contribution is -2.38. The zero-order valence-electron chi connectivity index (χ0n) is 19.1. The molecule has 0 saturated heterocycles. The fourth-order valence-corrected chi connectivity index (χ4v) is 5.36. The van der Waals surface area contributed by atoms with Gasteiger partial charge in [0, 0.05) is 21.7 Å². The third-order valence-corrected chi connectivity index (χ3v) is 7.38. The van der Waals surface area contributed by atoms with Crippen LogP contribution in [0, 0.1) is 0 Å². The van der Waals surface area contributed by atoms with E-state index < -0.39 is 0 Å². The molecule has 0 aliphatic heterocycles. The van der Waals surface area contributed by atoms with Gasteiger partial charge in [-0.3, -0.25) is 9.59 Å². The van der Waals surface area contributed by atoms with E-state index >= 15 is 0 Å². The number of anilines is 1. The van der Waals surface area contributed by atoms with Gasteiger partial charge < -0.3 is 5.32 Å². The lowest BCUT2D eigenvalue weighted by molar-refractivity contribution is -0.116. The lowest BCUT2D eigenvalue weighted by atomic mass is 9.69. The SMILES string of the molecule is CCC1(C)Cc2ccccc2-c2nc3n(CC(=O)Nc4cccc(Cl)c4)nc(SC)n3c(=O)c21. The monoisotopic (exact) mass is 493 g/mol. The number of fused-ring (bicyclic) bond motifs is 4. The maximum atomic E-state index is 13.9. The number of thioether (sulfide) groups is 1. The van der Waals surface area contributed by atoms with Crippen LogP contribution in [0.4, 0.5) is 5.69 Å². The van der Waals surface area contributed by atoms with Gasteiger partial charge in [-0.1, -0.05) is 67.5 Å². The van der Waals surface area contributed by atoms with E-state index in [1.165, 1.54) is 26.4 Å². The zero-order chi connectivity index (χ0) is 24.0. The number of carbonyl (C=O) groups is 1. The van der Waals surface area contributed by atoms with Crippen molar-refractivity contribution in [2.45, 2.75) is 43.8 Å². The molecule has 0 spiro atoms. The molecule has 2 aromatic heterocycles. The predicted molar refractivity (Wildman–Crippen MR) is 136 cm³/mol. The Bertz CT molecular complexity index is 1490. The van der Waals surface area contributed by atoms with Crippen LogP contribution in [-0.2, 0) is 23.2 Å². The van der Waals surface area contributed by atoms with E-state index in [0.29, 0.717) is 32.9 Å². The van der Waals surface area contributed by atoms with E-state index in [1.54, 1.807) is 24.3 Å². The topological polar surface area (TPSA) is 81.3 Å². The normalized spacial score (nSPS) is 16.8. The molecule has 7 nitrogen and oxygen atoms in total. The molecule has 4 aromatic rings. The number of nitrogens with zero attached hydrogens (tertiary/aromatic N) is 4. The highest BCUT2D eigenvalue weighted by molar-refractivity contribution is 7.98. The summed E-state index contributed by atoms with van der Waals surface area (Å²) in [7, 11) is 0. The summed E-state index contributed by atoms with van der Waals surface area (Å²) in [6.45, 7) is 4.14. The summed E-state index contributed by atoms with van der Waals surface area (Å²) in [6.07, 6.45) is 3.45. The van der Waals surface area contributed by atoms with Crippen LogP contribution in [0.3, 0.4) is 0 Å². The number of benzene rings is 2. The van der Waals surface area contributed by atoms with Crippen molar-refractivity contribution in [2.75, 3.05) is 11.6 Å². The molecule has 0 radical (unpaired) electrons. The number of rotatable bonds is 5. The molecule has 0 saturated carbocycles. The maximum Gasteiger partial charge on any atom is 0.265 e. The van der Waals surface area contributed by atoms with E-state index in [0.717, 1.165) is 18.4 Å². The van der Waals surface area contributed by atoms with Crippen LogP contribution in [0.2, 0.25) is 5.02 Å². The zero-order valence-corrected chi connectivity index (χ0v) is 20.7. The minimum atomic E-state index is -0.337. The molecular formula is C25H24ClN5O2S. The predicted octanol–water partition coefficient (Wildman–Crippen LogP) is 4.80. The van der Waals surface area contributed by atoms with Crippen molar-refractivity contribution in [3.63, 3.8) is 0 Å². The van der Waals surface area contributed by atoms with Crippen LogP contribution in [-0.4, -0.2) is 31.3 Å². The Hall–Kier alpha value is -3.10. The summed E-state index contributed by atoms with van der Waals surface area (Å²) in [5.41, 5.74) is 3.66. The average Bonchev–Trinajstić information content (AvgIpc) is 3.16. The minimum absolute atomic E-state index is 0.0888. The molecule has 1 unspecified atom stereocenters. The first-order valence-corrected chi connectivity index (χ1v) is 12.7. The van der Waals surface area contributed by atoms with Gasteiger partial charge in [0.1, 0.15) is 6.54 Å². The number of amides is 1. The minimum Gasteiger partial charge on any atom is -0.324 e. The number of carbonyl (C=O) groups excluding carboxylic acids is 1. The standard InChI is InChI=1S/C25H24ClN5O2S/c1-4-25(2)13-15-8-5-6-11-18(15)21-20(25)22(33)31-23(28-21)30(29-24(31)34-3)14-19(32)27-17-10-7-9-16(26)12-17/h5-12H,4,13-14H2,1-3H3,(H,27,32). The van der Waals surface area contributed by atoms with E-state index in [9.17, 15) is 9.59 Å². The summed E-state index contributed by atoms with van der Waals surface area (Å²) in [6, 6.07) is 15.0. The number of hydrogen-bond donors (Lipinski definition) is 1. The molecule has 9 heteroatoms. The number of hydrogen-bond acceptors (Lipinski definition) is 5. The van der Waals surface area contributed by atoms with Gasteiger partial charge in [0.15, 0.2) is 5.16 Å². The van der Waals surface area contributed by atoms with Crippen molar-refractivity contribution >= 4 is 40.7 Å². The fraction of sp³-hybridized carbons (Fsp3) is 0.280. The molecular weight excluding hydrogens is 470 g/mol. The third-order valence-electron chi connectivity index (χ3n) is 6.52. The van der Waals surface area contributed by atoms with E-state index in [-0.39, 0.29) is 23.4 Å². The largest absolute Gasteiger partial charge is 0.324 e. The molecule has 0 fully saturated rings. The number of halogens is 1. The smallest absolute Gasteiger partial charge is 0.265 e. The Labute approximate surface area is 206 Å². The van der Waals surface area contributed by atoms with E-state index in [2.05, 4.69) is 30.3 Å². The van der Waals surface area contributed by atoms with Gasteiger partial charge in [-0.2, -0.15) is 0 Å². The molecule has 5 rings (SSSR count). The highest BCUT2D eigenvalue weighted by atomic mass is 35.5. The summed E-state index contributed by atoms with van der Waals surface area (Å²) in [5, 5.41) is 8.43. The van der Waals surface area contributed by atoms with Crippen molar-refractivity contribution in [2.24, 2.45) is 0 Å². The van der Waals surface area contributed by atoms with Crippen LogP contribution in [0.5, 0.6) is 0 Å². The Morgan fingerprint density at radius 2 is 2.03 bits per heavy atom. The van der Waals surface area contributed by atoms with Gasteiger partial charge in [-0.15, -0.1) is 5.10 Å². The van der Waals surface area contributed by atoms with Gasteiger partial charge in [0.25, 0.3) is 5.56 Å². The number of aromatic nitrogens is 4. The summed E-state index contributed by atoms with van der Waals surface area (Å²) < 4.78 is 3.03. The highest BCUT2D eigenvalue weighted by Crippen LogP contribution is 2.42. The second-order valence-corrected chi connectivity index (χ2v) is 9.94. The van der Waals surface area contributed by atoms with Crippen LogP contribution in [0.25, 0.3) is 17.0 Å². The second kappa shape index (κ2) is 8.60.